The minimum absolute atomic E-state index is 0.0964. The van der Waals surface area contributed by atoms with Gasteiger partial charge in [0.05, 0.1) is 12.9 Å². The minimum Gasteiger partial charge on any atom is -0.313 e. The van der Waals surface area contributed by atoms with Crippen molar-refractivity contribution < 1.29 is 22.4 Å². The van der Waals surface area contributed by atoms with Crippen molar-refractivity contribution in [3.63, 3.8) is 0 Å². The Labute approximate surface area is 59.2 Å². The van der Waals surface area contributed by atoms with E-state index in [1.165, 1.54) is 6.92 Å². The summed E-state index contributed by atoms with van der Waals surface area (Å²) in [6, 6.07) is 0. The molecule has 0 aromatic heterocycles. The highest BCUT2D eigenvalue weighted by atomic mass is 32.8. The van der Waals surface area contributed by atoms with Crippen molar-refractivity contribution >= 4 is 16.3 Å². The fraction of sp³-hybridized carbons (Fsp3) is 1.00. The van der Waals surface area contributed by atoms with E-state index in [1.54, 1.807) is 0 Å². The summed E-state index contributed by atoms with van der Waals surface area (Å²) in [5, 5.41) is 0. The number of rotatable bonds is 3. The summed E-state index contributed by atoms with van der Waals surface area (Å²) in [6.45, 7) is -3.06. The van der Waals surface area contributed by atoms with Crippen LogP contribution in [0.4, 0.5) is 0 Å². The lowest BCUT2D eigenvalue weighted by molar-refractivity contribution is 0.288. The molecule has 0 bridgehead atoms. The van der Waals surface area contributed by atoms with Crippen molar-refractivity contribution in [2.45, 2.75) is 6.92 Å². The van der Waals surface area contributed by atoms with Gasteiger partial charge in [0, 0.05) is 0 Å². The Kier molecular flexibility index (Phi) is 3.03. The Hall–Kier alpha value is 0.100. The standard InChI is InChI=1S/C3H9O5PS/c1-3-8-9(4,5)10(2,6)7/h3H2,1-2H3,(H,4,5). The summed E-state index contributed by atoms with van der Waals surface area (Å²) in [6.07, 6.45) is 0.656. The Morgan fingerprint density at radius 3 is 2.10 bits per heavy atom. The largest absolute Gasteiger partial charge is 0.442 e. The molecular weight excluding hydrogens is 179 g/mol. The average Bonchev–Trinajstić information content (AvgIpc) is 1.61. The molecule has 0 aromatic rings. The Balaban J connectivity index is 4.60. The molecule has 0 saturated carbocycles. The van der Waals surface area contributed by atoms with Gasteiger partial charge in [-0.15, -0.1) is 0 Å². The van der Waals surface area contributed by atoms with Crippen LogP contribution in [0.3, 0.4) is 0 Å². The molecule has 5 nitrogen and oxygen atoms in total. The first-order valence-corrected chi connectivity index (χ1v) is 6.56. The maximum atomic E-state index is 10.6. The van der Waals surface area contributed by atoms with Crippen LogP contribution >= 0.6 is 6.80 Å². The molecule has 0 aromatic carbocycles. The quantitative estimate of drug-likeness (QED) is 0.638. The summed E-state index contributed by atoms with van der Waals surface area (Å²) in [5.41, 5.74) is 0. The third-order valence-corrected chi connectivity index (χ3v) is 4.96. The van der Waals surface area contributed by atoms with Crippen molar-refractivity contribution in [3.8, 4) is 0 Å². The second kappa shape index (κ2) is 3.00. The molecule has 1 unspecified atom stereocenters. The van der Waals surface area contributed by atoms with E-state index in [2.05, 4.69) is 4.52 Å². The van der Waals surface area contributed by atoms with E-state index in [0.717, 1.165) is 0 Å². The van der Waals surface area contributed by atoms with Gasteiger partial charge in [-0.1, -0.05) is 0 Å². The Bertz CT molecular complexity index is 242. The molecule has 0 saturated heterocycles. The predicted molar refractivity (Wildman–Crippen MR) is 36.3 cm³/mol. The fourth-order valence-electron chi connectivity index (χ4n) is 0.259. The molecule has 1 N–H and O–H groups in total. The lowest BCUT2D eigenvalue weighted by Gasteiger charge is -2.06. The van der Waals surface area contributed by atoms with Crippen LogP contribution in [0.2, 0.25) is 0 Å². The average molecular weight is 188 g/mol. The van der Waals surface area contributed by atoms with Crippen LogP contribution in [0.1, 0.15) is 6.92 Å². The summed E-state index contributed by atoms with van der Waals surface area (Å²) < 4.78 is 35.5. The molecule has 10 heavy (non-hydrogen) atoms. The maximum Gasteiger partial charge on any atom is 0.442 e. The molecule has 0 radical (unpaired) electrons. The molecule has 62 valence electrons. The summed E-state index contributed by atoms with van der Waals surface area (Å²) in [7, 11) is -3.98. The second-order valence-electron chi connectivity index (χ2n) is 1.62. The monoisotopic (exact) mass is 188 g/mol. The van der Waals surface area contributed by atoms with E-state index in [1.807, 2.05) is 0 Å². The van der Waals surface area contributed by atoms with E-state index in [-0.39, 0.29) is 6.61 Å². The molecule has 0 spiro atoms. The van der Waals surface area contributed by atoms with Crippen LogP contribution in [0.5, 0.6) is 0 Å². The van der Waals surface area contributed by atoms with Crippen molar-refractivity contribution in [1.82, 2.24) is 0 Å². The molecule has 0 aliphatic carbocycles. The van der Waals surface area contributed by atoms with Crippen LogP contribution in [0.15, 0.2) is 0 Å². The molecular formula is C3H9O5PS. The topological polar surface area (TPSA) is 80.7 Å². The first kappa shape index (κ1) is 10.1. The molecule has 7 heteroatoms. The Morgan fingerprint density at radius 2 is 2.00 bits per heavy atom. The van der Waals surface area contributed by atoms with Crippen molar-refractivity contribution in [3.05, 3.63) is 0 Å². The van der Waals surface area contributed by atoms with Crippen molar-refractivity contribution in [1.29, 1.82) is 0 Å². The van der Waals surface area contributed by atoms with E-state index < -0.39 is 16.3 Å². The van der Waals surface area contributed by atoms with Crippen molar-refractivity contribution in [2.75, 3.05) is 12.9 Å². The van der Waals surface area contributed by atoms with Gasteiger partial charge in [0.25, 0.3) is 0 Å². The highest BCUT2D eigenvalue weighted by molar-refractivity contribution is 8.48. The molecule has 0 aliphatic rings. The third-order valence-electron chi connectivity index (χ3n) is 0.711. The maximum absolute atomic E-state index is 10.6. The zero-order valence-electron chi connectivity index (χ0n) is 5.64. The molecule has 0 aliphatic heterocycles. The first-order chi connectivity index (χ1) is 4.31. The number of hydrogen-bond acceptors (Lipinski definition) is 4. The zero-order chi connectivity index (χ0) is 8.41. The smallest absolute Gasteiger partial charge is 0.313 e. The van der Waals surface area contributed by atoms with Gasteiger partial charge in [-0.2, -0.15) is 0 Å². The van der Waals surface area contributed by atoms with Gasteiger partial charge >= 0.3 is 6.80 Å². The summed E-state index contributed by atoms with van der Waals surface area (Å²) in [4.78, 5) is 8.60. The minimum atomic E-state index is -4.40. The SMILES string of the molecule is CCOP(=O)(O)S(C)(=O)=O. The van der Waals surface area contributed by atoms with Gasteiger partial charge < -0.3 is 4.89 Å². The van der Waals surface area contributed by atoms with Gasteiger partial charge in [0.1, 0.15) is 0 Å². The highest BCUT2D eigenvalue weighted by Gasteiger charge is 2.32. The van der Waals surface area contributed by atoms with Gasteiger partial charge in [0.15, 0.2) is 0 Å². The molecule has 0 fully saturated rings. The molecule has 0 amide bonds. The van der Waals surface area contributed by atoms with Crippen LogP contribution in [0, 0.1) is 0 Å². The van der Waals surface area contributed by atoms with Gasteiger partial charge in [-0.25, -0.2) is 13.0 Å². The number of hydrogen-bond donors (Lipinski definition) is 1. The van der Waals surface area contributed by atoms with E-state index in [4.69, 9.17) is 4.89 Å². The first-order valence-electron chi connectivity index (χ1n) is 2.49. The molecule has 1 atom stereocenters. The highest BCUT2D eigenvalue weighted by Crippen LogP contribution is 2.47. The molecule has 0 heterocycles. The summed E-state index contributed by atoms with van der Waals surface area (Å²) in [5.74, 6) is 0. The van der Waals surface area contributed by atoms with Crippen LogP contribution in [0.25, 0.3) is 0 Å². The van der Waals surface area contributed by atoms with Crippen LogP contribution in [-0.2, 0) is 18.5 Å². The van der Waals surface area contributed by atoms with E-state index in [9.17, 15) is 13.0 Å². The predicted octanol–water partition coefficient (Wildman–Crippen LogP) is 0.168. The summed E-state index contributed by atoms with van der Waals surface area (Å²) >= 11 is 0. The zero-order valence-corrected chi connectivity index (χ0v) is 7.35. The van der Waals surface area contributed by atoms with Crippen molar-refractivity contribution in [2.24, 2.45) is 0 Å². The van der Waals surface area contributed by atoms with Gasteiger partial charge in [-0.05, 0) is 6.92 Å². The van der Waals surface area contributed by atoms with Crippen LogP contribution in [-0.4, -0.2) is 26.2 Å². The van der Waals surface area contributed by atoms with E-state index in [0.29, 0.717) is 6.26 Å². The Morgan fingerprint density at radius 1 is 1.60 bits per heavy atom. The lowest BCUT2D eigenvalue weighted by atomic mass is 10.9. The van der Waals surface area contributed by atoms with Gasteiger partial charge in [-0.3, -0.25) is 4.52 Å². The third kappa shape index (κ3) is 2.38. The lowest BCUT2D eigenvalue weighted by Crippen LogP contribution is -2.00. The second-order valence-corrected chi connectivity index (χ2v) is 7.65. The van der Waals surface area contributed by atoms with Crippen LogP contribution < -0.4 is 0 Å². The normalized spacial score (nSPS) is 18.3. The van der Waals surface area contributed by atoms with Gasteiger partial charge in [0.2, 0.25) is 9.46 Å². The van der Waals surface area contributed by atoms with E-state index >= 15 is 0 Å². The fourth-order valence-corrected chi connectivity index (χ4v) is 1.67. The molecule has 0 rings (SSSR count).